The van der Waals surface area contributed by atoms with E-state index in [9.17, 15) is 14.3 Å². The maximum Gasteiger partial charge on any atom is 0.407 e. The van der Waals surface area contributed by atoms with Gasteiger partial charge in [0.15, 0.2) is 0 Å². The van der Waals surface area contributed by atoms with Crippen LogP contribution >= 0.6 is 7.82 Å². The Morgan fingerprint density at radius 2 is 1.38 bits per heavy atom. The number of amides is 1. The number of unbranched alkanes of at least 4 members (excludes halogenated alkanes) is 9. The minimum absolute atomic E-state index is 0.0461. The van der Waals surface area contributed by atoms with Gasteiger partial charge in [-0.3, -0.25) is 4.57 Å². The van der Waals surface area contributed by atoms with Crippen molar-refractivity contribution in [2.45, 2.75) is 71.1 Å². The lowest BCUT2D eigenvalue weighted by Gasteiger charge is -2.27. The van der Waals surface area contributed by atoms with Crippen LogP contribution in [0.15, 0.2) is 0 Å². The third-order valence-corrected chi connectivity index (χ3v) is 5.37. The number of alkyl carbamates (subject to hydrolysis) is 1. The molecule has 29 heavy (non-hydrogen) atoms. The van der Waals surface area contributed by atoms with Gasteiger partial charge in [-0.05, 0) is 6.42 Å². The van der Waals surface area contributed by atoms with Crippen LogP contribution in [0, 0.1) is 0 Å². The summed E-state index contributed by atoms with van der Waals surface area (Å²) in [6.45, 7) is 2.97. The predicted molar refractivity (Wildman–Crippen MR) is 114 cm³/mol. The maximum absolute atomic E-state index is 11.6. The zero-order valence-corrected chi connectivity index (χ0v) is 19.8. The van der Waals surface area contributed by atoms with E-state index in [0.717, 1.165) is 12.8 Å². The number of hydrogen-bond acceptors (Lipinski definition) is 6. The van der Waals surface area contributed by atoms with E-state index in [1.54, 1.807) is 0 Å². The SMILES string of the molecule is CCCCCCCCCCCCNC(=O)OCCOP(=O)([O-])OCC[N+](C)(C)C. The molecule has 0 heterocycles. The Morgan fingerprint density at radius 3 is 1.93 bits per heavy atom. The van der Waals surface area contributed by atoms with Crippen LogP contribution in [0.1, 0.15) is 71.1 Å². The van der Waals surface area contributed by atoms with Crippen LogP contribution < -0.4 is 10.2 Å². The second kappa shape index (κ2) is 17.1. The van der Waals surface area contributed by atoms with Crippen molar-refractivity contribution in [1.29, 1.82) is 0 Å². The molecule has 0 aliphatic heterocycles. The lowest BCUT2D eigenvalue weighted by Crippen LogP contribution is -2.37. The van der Waals surface area contributed by atoms with E-state index in [4.69, 9.17) is 9.26 Å². The molecule has 1 amide bonds. The summed E-state index contributed by atoms with van der Waals surface area (Å²) in [6, 6.07) is 0. The molecule has 0 bridgehead atoms. The summed E-state index contributed by atoms with van der Waals surface area (Å²) in [6.07, 6.45) is 11.8. The highest BCUT2D eigenvalue weighted by molar-refractivity contribution is 7.45. The zero-order chi connectivity index (χ0) is 22.0. The third kappa shape index (κ3) is 21.9. The van der Waals surface area contributed by atoms with Crippen LogP contribution in [0.25, 0.3) is 0 Å². The second-order valence-corrected chi connectivity index (χ2v) is 9.78. The van der Waals surface area contributed by atoms with Crippen molar-refractivity contribution in [2.24, 2.45) is 0 Å². The van der Waals surface area contributed by atoms with Crippen molar-refractivity contribution in [1.82, 2.24) is 5.32 Å². The van der Waals surface area contributed by atoms with Crippen molar-refractivity contribution in [3.05, 3.63) is 0 Å². The minimum atomic E-state index is -4.36. The van der Waals surface area contributed by atoms with Crippen molar-refractivity contribution >= 4 is 13.9 Å². The van der Waals surface area contributed by atoms with Gasteiger partial charge in [-0.2, -0.15) is 0 Å². The summed E-state index contributed by atoms with van der Waals surface area (Å²) in [5.74, 6) is 0. The standard InChI is InChI=1S/C20H43N2O6P/c1-5-6-7-8-9-10-11-12-13-14-15-21-20(23)26-18-19-28-29(24,25)27-17-16-22(2,3)4/h5-19H2,1-4H3,(H-,21,23,24,25). The number of nitrogens with one attached hydrogen (secondary N) is 1. The van der Waals surface area contributed by atoms with Crippen molar-refractivity contribution < 1.29 is 32.5 Å². The number of carbonyl (C=O) groups excluding carboxylic acids is 1. The zero-order valence-electron chi connectivity index (χ0n) is 19.0. The molecule has 1 N–H and O–H groups in total. The van der Waals surface area contributed by atoms with E-state index >= 15 is 0 Å². The molecule has 1 unspecified atom stereocenters. The van der Waals surface area contributed by atoms with Crippen molar-refractivity contribution in [3.63, 3.8) is 0 Å². The minimum Gasteiger partial charge on any atom is -0.756 e. The van der Waals surface area contributed by atoms with Gasteiger partial charge in [-0.25, -0.2) is 4.79 Å². The van der Waals surface area contributed by atoms with Gasteiger partial charge in [0.2, 0.25) is 0 Å². The number of nitrogens with zero attached hydrogens (tertiary/aromatic N) is 1. The Bertz CT molecular complexity index is 457. The first-order valence-corrected chi connectivity index (χ1v) is 12.4. The molecule has 0 rings (SSSR count). The lowest BCUT2D eigenvalue weighted by molar-refractivity contribution is -0.870. The highest BCUT2D eigenvalue weighted by atomic mass is 31.2. The molecule has 0 aliphatic rings. The van der Waals surface area contributed by atoms with Gasteiger partial charge in [-0.1, -0.05) is 64.7 Å². The van der Waals surface area contributed by atoms with Gasteiger partial charge < -0.3 is 28.5 Å². The monoisotopic (exact) mass is 438 g/mol. The third-order valence-electron chi connectivity index (χ3n) is 4.38. The molecule has 174 valence electrons. The number of phosphoric acid groups is 1. The van der Waals surface area contributed by atoms with Gasteiger partial charge in [0.05, 0.1) is 27.7 Å². The van der Waals surface area contributed by atoms with E-state index in [2.05, 4.69) is 16.8 Å². The molecule has 0 fully saturated rings. The fourth-order valence-corrected chi connectivity index (χ4v) is 3.28. The van der Waals surface area contributed by atoms with E-state index in [-0.39, 0.29) is 19.8 Å². The molecule has 9 heteroatoms. The summed E-state index contributed by atoms with van der Waals surface area (Å²) in [5, 5.41) is 2.66. The van der Waals surface area contributed by atoms with Gasteiger partial charge in [0.25, 0.3) is 7.82 Å². The summed E-state index contributed by atoms with van der Waals surface area (Å²) >= 11 is 0. The molecule has 0 aromatic carbocycles. The molecular weight excluding hydrogens is 395 g/mol. The number of hydrogen-bond donors (Lipinski definition) is 1. The summed E-state index contributed by atoms with van der Waals surface area (Å²) < 4.78 is 26.5. The summed E-state index contributed by atoms with van der Waals surface area (Å²) in [4.78, 5) is 23.1. The smallest absolute Gasteiger partial charge is 0.407 e. The fraction of sp³-hybridized carbons (Fsp3) is 0.950. The fourth-order valence-electron chi connectivity index (χ4n) is 2.60. The number of carbonyl (C=O) groups is 1. The largest absolute Gasteiger partial charge is 0.756 e. The molecule has 0 radical (unpaired) electrons. The summed E-state index contributed by atoms with van der Waals surface area (Å²) in [5.41, 5.74) is 0. The molecular formula is C20H43N2O6P. The first-order chi connectivity index (χ1) is 13.7. The molecule has 0 saturated heterocycles. The van der Waals surface area contributed by atoms with Crippen LogP contribution in [0.4, 0.5) is 4.79 Å². The molecule has 1 atom stereocenters. The number of likely N-dealkylation sites (N-methyl/N-ethyl adjacent to an activating group) is 1. The van der Waals surface area contributed by atoms with E-state index in [1.807, 2.05) is 21.1 Å². The van der Waals surface area contributed by atoms with Crippen LogP contribution in [0.3, 0.4) is 0 Å². The Kier molecular flexibility index (Phi) is 16.7. The van der Waals surface area contributed by atoms with Gasteiger partial charge in [-0.15, -0.1) is 0 Å². The Balaban J connectivity index is 3.48. The molecule has 0 aromatic heterocycles. The quantitative estimate of drug-likeness (QED) is 0.187. The van der Waals surface area contributed by atoms with Crippen molar-refractivity contribution in [3.8, 4) is 0 Å². The van der Waals surface area contributed by atoms with Crippen LogP contribution in [0.5, 0.6) is 0 Å². The van der Waals surface area contributed by atoms with Gasteiger partial charge in [0.1, 0.15) is 19.8 Å². The Morgan fingerprint density at radius 1 is 0.862 bits per heavy atom. The van der Waals surface area contributed by atoms with E-state index < -0.39 is 13.9 Å². The first kappa shape index (κ1) is 28.3. The Labute approximate surface area is 177 Å². The van der Waals surface area contributed by atoms with Crippen LogP contribution in [-0.4, -0.2) is 64.6 Å². The van der Waals surface area contributed by atoms with Gasteiger partial charge in [0, 0.05) is 6.54 Å². The van der Waals surface area contributed by atoms with Crippen LogP contribution in [-0.2, 0) is 18.3 Å². The number of quaternary nitrogens is 1. The topological polar surface area (TPSA) is 96.9 Å². The predicted octanol–water partition coefficient (Wildman–Crippen LogP) is 3.84. The highest BCUT2D eigenvalue weighted by Gasteiger charge is 2.13. The lowest BCUT2D eigenvalue weighted by atomic mass is 10.1. The normalized spacial score (nSPS) is 13.8. The average molecular weight is 439 g/mol. The van der Waals surface area contributed by atoms with Crippen LogP contribution in [0.2, 0.25) is 0 Å². The van der Waals surface area contributed by atoms with Gasteiger partial charge >= 0.3 is 6.09 Å². The van der Waals surface area contributed by atoms with E-state index in [1.165, 1.54) is 51.4 Å². The number of ether oxygens (including phenoxy) is 1. The molecule has 0 spiro atoms. The van der Waals surface area contributed by atoms with Crippen molar-refractivity contribution in [2.75, 3.05) is 54.1 Å². The molecule has 0 aromatic rings. The average Bonchev–Trinajstić information content (AvgIpc) is 2.62. The molecule has 8 nitrogen and oxygen atoms in total. The molecule has 0 aliphatic carbocycles. The van der Waals surface area contributed by atoms with E-state index in [0.29, 0.717) is 17.6 Å². The molecule has 0 saturated carbocycles. The maximum atomic E-state index is 11.6. The highest BCUT2D eigenvalue weighted by Crippen LogP contribution is 2.37. The summed E-state index contributed by atoms with van der Waals surface area (Å²) in [7, 11) is 1.44. The number of rotatable bonds is 19. The first-order valence-electron chi connectivity index (χ1n) is 11.0. The second-order valence-electron chi connectivity index (χ2n) is 8.37. The Hall–Kier alpha value is -0.660. The number of phosphoric ester groups is 1.